The number of rotatable bonds is 5. The number of benzene rings is 3. The molecule has 0 aromatic heterocycles. The van der Waals surface area contributed by atoms with E-state index in [-0.39, 0.29) is 24.8 Å². The number of nitrogens with zero attached hydrogens (tertiary/aromatic N) is 1. The molecule has 5 heteroatoms. The summed E-state index contributed by atoms with van der Waals surface area (Å²) in [6.45, 7) is 4.08. The van der Waals surface area contributed by atoms with Crippen molar-refractivity contribution >= 4 is 11.7 Å². The number of fused-ring (bicyclic) bond motifs is 1. The van der Waals surface area contributed by atoms with Crippen molar-refractivity contribution in [3.8, 4) is 0 Å². The van der Waals surface area contributed by atoms with Gasteiger partial charge in [0.2, 0.25) is 0 Å². The molecule has 2 unspecified atom stereocenters. The zero-order valence-electron chi connectivity index (χ0n) is 16.9. The first-order valence-electron chi connectivity index (χ1n) is 10.0. The lowest BCUT2D eigenvalue weighted by molar-refractivity contribution is -0.144. The number of halogens is 2. The van der Waals surface area contributed by atoms with Gasteiger partial charge in [-0.25, -0.2) is 13.6 Å². The van der Waals surface area contributed by atoms with Crippen molar-refractivity contribution in [1.82, 2.24) is 0 Å². The van der Waals surface area contributed by atoms with Crippen LogP contribution in [0.1, 0.15) is 35.1 Å². The van der Waals surface area contributed by atoms with Gasteiger partial charge in [0.15, 0.2) is 0 Å². The van der Waals surface area contributed by atoms with E-state index in [4.69, 9.17) is 4.74 Å². The smallest absolute Gasteiger partial charge is 0.329 e. The Balaban J connectivity index is 1.89. The van der Waals surface area contributed by atoms with Gasteiger partial charge in [0, 0.05) is 23.7 Å². The summed E-state index contributed by atoms with van der Waals surface area (Å²) in [6.07, 6.45) is 0. The summed E-state index contributed by atoms with van der Waals surface area (Å²) in [7, 11) is 0. The third-order valence-electron chi connectivity index (χ3n) is 5.55. The van der Waals surface area contributed by atoms with Gasteiger partial charge in [-0.3, -0.25) is 0 Å². The summed E-state index contributed by atoms with van der Waals surface area (Å²) < 4.78 is 34.7. The topological polar surface area (TPSA) is 29.5 Å². The second kappa shape index (κ2) is 8.27. The molecular formula is C25H23F2NO2. The molecule has 1 aliphatic heterocycles. The molecule has 30 heavy (non-hydrogen) atoms. The van der Waals surface area contributed by atoms with Gasteiger partial charge in [0.05, 0.1) is 6.61 Å². The lowest BCUT2D eigenvalue weighted by Crippen LogP contribution is -2.42. The number of hydrogen-bond donors (Lipinski definition) is 0. The first-order valence-corrected chi connectivity index (χ1v) is 10.0. The fourth-order valence-electron chi connectivity index (χ4n) is 4.23. The summed E-state index contributed by atoms with van der Waals surface area (Å²) in [6, 6.07) is 18.0. The van der Waals surface area contributed by atoms with Crippen LogP contribution in [-0.2, 0) is 16.1 Å². The molecule has 154 valence electrons. The number of carbonyl (C=O) groups is 1. The lowest BCUT2D eigenvalue weighted by Gasteiger charge is -2.29. The van der Waals surface area contributed by atoms with E-state index in [0.29, 0.717) is 11.1 Å². The molecule has 0 saturated heterocycles. The minimum Gasteiger partial charge on any atom is -0.464 e. The van der Waals surface area contributed by atoms with Crippen molar-refractivity contribution in [2.45, 2.75) is 32.4 Å². The number of carbonyl (C=O) groups excluding carboxylic acids is 1. The Bertz CT molecular complexity index is 1080. The van der Waals surface area contributed by atoms with Gasteiger partial charge in [-0.1, -0.05) is 54.1 Å². The third kappa shape index (κ3) is 3.56. The fraction of sp³-hybridized carbons (Fsp3) is 0.240. The summed E-state index contributed by atoms with van der Waals surface area (Å²) in [5.41, 5.74) is 3.53. The molecule has 0 saturated carbocycles. The first kappa shape index (κ1) is 20.1. The van der Waals surface area contributed by atoms with E-state index in [2.05, 4.69) is 0 Å². The number of ether oxygens (including phenoxy) is 1. The van der Waals surface area contributed by atoms with Gasteiger partial charge in [-0.05, 0) is 43.2 Å². The second-order valence-electron chi connectivity index (χ2n) is 7.48. The Morgan fingerprint density at radius 1 is 0.967 bits per heavy atom. The van der Waals surface area contributed by atoms with Crippen LogP contribution in [0.25, 0.3) is 0 Å². The van der Waals surface area contributed by atoms with Crippen LogP contribution in [0.3, 0.4) is 0 Å². The summed E-state index contributed by atoms with van der Waals surface area (Å²) in [5, 5.41) is 0. The molecule has 3 nitrogen and oxygen atoms in total. The molecule has 0 amide bonds. The van der Waals surface area contributed by atoms with Crippen LogP contribution >= 0.6 is 0 Å². The van der Waals surface area contributed by atoms with Gasteiger partial charge >= 0.3 is 5.97 Å². The monoisotopic (exact) mass is 407 g/mol. The Labute approximate surface area is 174 Å². The standard InChI is InChI=1S/C25H23F2NO2/c1-3-30-25(29)24-23(18-9-5-7-11-21(18)27)19-14-16(2)12-13-22(19)28(24)15-17-8-4-6-10-20(17)26/h4-14,23-24H,3,15H2,1-2H3. The van der Waals surface area contributed by atoms with E-state index in [1.165, 1.54) is 12.1 Å². The highest BCUT2D eigenvalue weighted by Crippen LogP contribution is 2.47. The van der Waals surface area contributed by atoms with Crippen molar-refractivity contribution < 1.29 is 18.3 Å². The molecule has 0 radical (unpaired) electrons. The molecule has 3 aromatic carbocycles. The zero-order chi connectivity index (χ0) is 21.3. The van der Waals surface area contributed by atoms with Crippen LogP contribution < -0.4 is 4.90 Å². The maximum atomic E-state index is 14.8. The fourth-order valence-corrected chi connectivity index (χ4v) is 4.23. The number of hydrogen-bond acceptors (Lipinski definition) is 3. The molecule has 0 aliphatic carbocycles. The Morgan fingerprint density at radius 2 is 1.67 bits per heavy atom. The van der Waals surface area contributed by atoms with Crippen LogP contribution in [0.15, 0.2) is 66.7 Å². The quantitative estimate of drug-likeness (QED) is 0.534. The molecule has 0 fully saturated rings. The highest BCUT2D eigenvalue weighted by Gasteiger charge is 2.45. The Kier molecular flexibility index (Phi) is 5.53. The van der Waals surface area contributed by atoms with E-state index in [1.54, 1.807) is 43.3 Å². The van der Waals surface area contributed by atoms with Crippen molar-refractivity contribution in [3.63, 3.8) is 0 Å². The van der Waals surface area contributed by atoms with Gasteiger partial charge in [-0.2, -0.15) is 0 Å². The molecular weight excluding hydrogens is 384 g/mol. The van der Waals surface area contributed by atoms with E-state index in [9.17, 15) is 13.6 Å². The Hall–Kier alpha value is -3.21. The molecule has 0 bridgehead atoms. The van der Waals surface area contributed by atoms with E-state index in [1.807, 2.05) is 30.0 Å². The maximum Gasteiger partial charge on any atom is 0.329 e. The average Bonchev–Trinajstić information content (AvgIpc) is 3.03. The minimum absolute atomic E-state index is 0.178. The van der Waals surface area contributed by atoms with Crippen LogP contribution in [0.4, 0.5) is 14.5 Å². The average molecular weight is 407 g/mol. The summed E-state index contributed by atoms with van der Waals surface area (Å²) in [4.78, 5) is 14.9. The van der Waals surface area contributed by atoms with Gasteiger partial charge < -0.3 is 9.64 Å². The van der Waals surface area contributed by atoms with Crippen LogP contribution in [0.5, 0.6) is 0 Å². The van der Waals surface area contributed by atoms with Gasteiger partial charge in [-0.15, -0.1) is 0 Å². The first-order chi connectivity index (χ1) is 14.5. The summed E-state index contributed by atoms with van der Waals surface area (Å²) in [5.74, 6) is -1.72. The van der Waals surface area contributed by atoms with Crippen molar-refractivity contribution in [3.05, 3.63) is 101 Å². The molecule has 3 aromatic rings. The molecule has 4 rings (SSSR count). The number of anilines is 1. The van der Waals surface area contributed by atoms with Crippen molar-refractivity contribution in [2.75, 3.05) is 11.5 Å². The second-order valence-corrected chi connectivity index (χ2v) is 7.48. The van der Waals surface area contributed by atoms with Crippen LogP contribution in [-0.4, -0.2) is 18.6 Å². The normalized spacial score (nSPS) is 17.7. The van der Waals surface area contributed by atoms with Crippen molar-refractivity contribution in [2.24, 2.45) is 0 Å². The van der Waals surface area contributed by atoms with Crippen LogP contribution in [0.2, 0.25) is 0 Å². The van der Waals surface area contributed by atoms with E-state index >= 15 is 0 Å². The van der Waals surface area contributed by atoms with Crippen LogP contribution in [0, 0.1) is 18.6 Å². The highest BCUT2D eigenvalue weighted by atomic mass is 19.1. The predicted octanol–water partition coefficient (Wildman–Crippen LogP) is 5.36. The number of esters is 1. The predicted molar refractivity (Wildman–Crippen MR) is 112 cm³/mol. The number of aryl methyl sites for hydroxylation is 1. The SMILES string of the molecule is CCOC(=O)C1C(c2ccccc2F)c2cc(C)ccc2N1Cc1ccccc1F. The molecule has 0 spiro atoms. The highest BCUT2D eigenvalue weighted by molar-refractivity contribution is 5.87. The van der Waals surface area contributed by atoms with Gasteiger partial charge in [0.25, 0.3) is 0 Å². The van der Waals surface area contributed by atoms with E-state index < -0.39 is 17.9 Å². The molecule has 2 atom stereocenters. The zero-order valence-corrected chi connectivity index (χ0v) is 16.9. The minimum atomic E-state index is -0.793. The largest absolute Gasteiger partial charge is 0.464 e. The van der Waals surface area contributed by atoms with Crippen molar-refractivity contribution in [1.29, 1.82) is 0 Å². The third-order valence-corrected chi connectivity index (χ3v) is 5.55. The maximum absolute atomic E-state index is 14.8. The Morgan fingerprint density at radius 3 is 2.37 bits per heavy atom. The van der Waals surface area contributed by atoms with E-state index in [0.717, 1.165) is 16.8 Å². The molecule has 0 N–H and O–H groups in total. The van der Waals surface area contributed by atoms with Gasteiger partial charge in [0.1, 0.15) is 17.7 Å². The molecule has 1 aliphatic rings. The summed E-state index contributed by atoms with van der Waals surface area (Å²) >= 11 is 0. The lowest BCUT2D eigenvalue weighted by atomic mass is 9.86. The molecule has 1 heterocycles.